The molecule has 2 aromatic rings. The summed E-state index contributed by atoms with van der Waals surface area (Å²) in [5.74, 6) is 0.255. The molecule has 1 amide bonds. The lowest BCUT2D eigenvalue weighted by atomic mass is 10.0. The van der Waals surface area contributed by atoms with Crippen LogP contribution in [0.5, 0.6) is 0 Å². The van der Waals surface area contributed by atoms with Gasteiger partial charge in [-0.25, -0.2) is 4.68 Å². The van der Waals surface area contributed by atoms with Crippen molar-refractivity contribution in [3.05, 3.63) is 46.7 Å². The zero-order chi connectivity index (χ0) is 16.4. The van der Waals surface area contributed by atoms with E-state index in [1.165, 1.54) is 0 Å². The van der Waals surface area contributed by atoms with Crippen LogP contribution in [-0.2, 0) is 0 Å². The molecule has 3 rings (SSSR count). The van der Waals surface area contributed by atoms with E-state index in [9.17, 15) is 4.79 Å². The molecule has 1 aromatic heterocycles. The van der Waals surface area contributed by atoms with Crippen molar-refractivity contribution in [2.75, 3.05) is 26.2 Å². The summed E-state index contributed by atoms with van der Waals surface area (Å²) in [6.45, 7) is 7.32. The third-order valence-electron chi connectivity index (χ3n) is 4.06. The predicted molar refractivity (Wildman–Crippen MR) is 91.4 cm³/mol. The van der Waals surface area contributed by atoms with Crippen molar-refractivity contribution in [1.82, 2.24) is 20.0 Å². The van der Waals surface area contributed by atoms with Gasteiger partial charge in [0.05, 0.1) is 23.1 Å². The van der Waals surface area contributed by atoms with Crippen molar-refractivity contribution in [1.29, 1.82) is 0 Å². The smallest absolute Gasteiger partial charge is 0.257 e. The SMILES string of the molecule is CC(C)c1c(C(=O)N2CCNCC2)cnn1-c1ccc(Cl)cc1. The van der Waals surface area contributed by atoms with Gasteiger partial charge in [0.2, 0.25) is 0 Å². The van der Waals surface area contributed by atoms with E-state index in [2.05, 4.69) is 24.3 Å². The third kappa shape index (κ3) is 3.26. The number of rotatable bonds is 3. The van der Waals surface area contributed by atoms with E-state index < -0.39 is 0 Å². The Bertz CT molecular complexity index is 687. The van der Waals surface area contributed by atoms with E-state index in [1.54, 1.807) is 6.20 Å². The quantitative estimate of drug-likeness (QED) is 0.940. The van der Waals surface area contributed by atoms with Crippen molar-refractivity contribution >= 4 is 17.5 Å². The van der Waals surface area contributed by atoms with Gasteiger partial charge in [-0.2, -0.15) is 5.10 Å². The number of carbonyl (C=O) groups is 1. The summed E-state index contributed by atoms with van der Waals surface area (Å²) in [5.41, 5.74) is 2.55. The predicted octanol–water partition coefficient (Wildman–Crippen LogP) is 2.69. The van der Waals surface area contributed by atoms with Crippen LogP contribution >= 0.6 is 11.6 Å². The lowest BCUT2D eigenvalue weighted by Gasteiger charge is -2.27. The molecule has 0 bridgehead atoms. The van der Waals surface area contributed by atoms with E-state index in [-0.39, 0.29) is 11.8 Å². The van der Waals surface area contributed by atoms with E-state index in [0.29, 0.717) is 10.6 Å². The van der Waals surface area contributed by atoms with Gasteiger partial charge in [0.15, 0.2) is 0 Å². The molecule has 1 aliphatic heterocycles. The number of hydrogen-bond donors (Lipinski definition) is 1. The van der Waals surface area contributed by atoms with Gasteiger partial charge in [-0.05, 0) is 30.2 Å². The Morgan fingerprint density at radius 3 is 2.48 bits per heavy atom. The Balaban J connectivity index is 1.98. The first-order chi connectivity index (χ1) is 11.1. The Morgan fingerprint density at radius 2 is 1.87 bits per heavy atom. The van der Waals surface area contributed by atoms with Crippen LogP contribution in [0.15, 0.2) is 30.5 Å². The van der Waals surface area contributed by atoms with Gasteiger partial charge < -0.3 is 10.2 Å². The van der Waals surface area contributed by atoms with Crippen LogP contribution in [0.1, 0.15) is 35.8 Å². The zero-order valence-electron chi connectivity index (χ0n) is 13.4. The third-order valence-corrected chi connectivity index (χ3v) is 4.31. The molecule has 0 saturated carbocycles. The number of benzene rings is 1. The van der Waals surface area contributed by atoms with Crippen molar-refractivity contribution in [3.8, 4) is 5.69 Å². The van der Waals surface area contributed by atoms with Gasteiger partial charge >= 0.3 is 0 Å². The second-order valence-electron chi connectivity index (χ2n) is 6.03. The van der Waals surface area contributed by atoms with Gasteiger partial charge in [-0.1, -0.05) is 25.4 Å². The normalized spacial score (nSPS) is 15.2. The minimum absolute atomic E-state index is 0.0652. The first-order valence-electron chi connectivity index (χ1n) is 7.92. The molecule has 0 radical (unpaired) electrons. The highest BCUT2D eigenvalue weighted by Gasteiger charge is 2.25. The van der Waals surface area contributed by atoms with E-state index >= 15 is 0 Å². The molecule has 1 N–H and O–H groups in total. The fraction of sp³-hybridized carbons (Fsp3) is 0.412. The van der Waals surface area contributed by atoms with Crippen LogP contribution in [0.25, 0.3) is 5.69 Å². The summed E-state index contributed by atoms with van der Waals surface area (Å²) in [4.78, 5) is 14.7. The summed E-state index contributed by atoms with van der Waals surface area (Å²) >= 11 is 5.96. The topological polar surface area (TPSA) is 50.2 Å². The summed E-state index contributed by atoms with van der Waals surface area (Å²) < 4.78 is 1.84. The molecule has 0 atom stereocenters. The summed E-state index contributed by atoms with van der Waals surface area (Å²) in [6.07, 6.45) is 1.69. The molecule has 0 aliphatic carbocycles. The molecule has 23 heavy (non-hydrogen) atoms. The van der Waals surface area contributed by atoms with E-state index in [1.807, 2.05) is 33.8 Å². The van der Waals surface area contributed by atoms with Crippen molar-refractivity contribution in [2.24, 2.45) is 0 Å². The first kappa shape index (κ1) is 16.0. The maximum absolute atomic E-state index is 12.8. The second kappa shape index (κ2) is 6.72. The lowest BCUT2D eigenvalue weighted by molar-refractivity contribution is 0.0734. The van der Waals surface area contributed by atoms with Crippen molar-refractivity contribution < 1.29 is 4.79 Å². The first-order valence-corrected chi connectivity index (χ1v) is 8.29. The van der Waals surface area contributed by atoms with Gasteiger partial charge in [-0.15, -0.1) is 0 Å². The number of carbonyl (C=O) groups excluding carboxylic acids is 1. The highest BCUT2D eigenvalue weighted by atomic mass is 35.5. The number of aromatic nitrogens is 2. The van der Waals surface area contributed by atoms with Crippen LogP contribution in [0.2, 0.25) is 5.02 Å². The van der Waals surface area contributed by atoms with Crippen molar-refractivity contribution in [3.63, 3.8) is 0 Å². The van der Waals surface area contributed by atoms with Gasteiger partial charge in [-0.3, -0.25) is 4.79 Å². The highest BCUT2D eigenvalue weighted by Crippen LogP contribution is 2.25. The second-order valence-corrected chi connectivity index (χ2v) is 6.47. The van der Waals surface area contributed by atoms with E-state index in [0.717, 1.165) is 37.6 Å². The Morgan fingerprint density at radius 1 is 1.22 bits per heavy atom. The monoisotopic (exact) mass is 332 g/mol. The van der Waals surface area contributed by atoms with Gasteiger partial charge in [0.25, 0.3) is 5.91 Å². The van der Waals surface area contributed by atoms with Gasteiger partial charge in [0.1, 0.15) is 0 Å². The highest BCUT2D eigenvalue weighted by molar-refractivity contribution is 6.30. The van der Waals surface area contributed by atoms with E-state index in [4.69, 9.17) is 11.6 Å². The molecule has 1 aliphatic rings. The fourth-order valence-corrected chi connectivity index (χ4v) is 3.03. The van der Waals surface area contributed by atoms with Crippen LogP contribution in [-0.4, -0.2) is 46.8 Å². The maximum atomic E-state index is 12.8. The lowest BCUT2D eigenvalue weighted by Crippen LogP contribution is -2.46. The Hall–Kier alpha value is -1.85. The molecule has 1 fully saturated rings. The zero-order valence-corrected chi connectivity index (χ0v) is 14.2. The van der Waals surface area contributed by atoms with Crippen LogP contribution in [0.4, 0.5) is 0 Å². The molecule has 0 unspecified atom stereocenters. The number of hydrogen-bond acceptors (Lipinski definition) is 3. The minimum Gasteiger partial charge on any atom is -0.336 e. The standard InChI is InChI=1S/C17H21ClN4O/c1-12(2)16-15(17(23)21-9-7-19-8-10-21)11-20-22(16)14-5-3-13(18)4-6-14/h3-6,11-12,19H,7-10H2,1-2H3. The molecule has 1 saturated heterocycles. The van der Waals surface area contributed by atoms with Crippen LogP contribution in [0.3, 0.4) is 0 Å². The average molecular weight is 333 g/mol. The maximum Gasteiger partial charge on any atom is 0.257 e. The Kier molecular flexibility index (Phi) is 4.68. The largest absolute Gasteiger partial charge is 0.336 e. The number of piperazine rings is 1. The molecule has 1 aromatic carbocycles. The number of halogens is 1. The van der Waals surface area contributed by atoms with Gasteiger partial charge in [0, 0.05) is 31.2 Å². The molecule has 0 spiro atoms. The summed E-state index contributed by atoms with van der Waals surface area (Å²) in [6, 6.07) is 7.50. The summed E-state index contributed by atoms with van der Waals surface area (Å²) in [5, 5.41) is 8.42. The molecule has 2 heterocycles. The van der Waals surface area contributed by atoms with Crippen LogP contribution < -0.4 is 5.32 Å². The molecule has 122 valence electrons. The average Bonchev–Trinajstić information content (AvgIpc) is 3.01. The number of amides is 1. The molecular weight excluding hydrogens is 312 g/mol. The minimum atomic E-state index is 0.0652. The number of nitrogens with one attached hydrogen (secondary N) is 1. The molecule has 6 heteroatoms. The molecule has 5 nitrogen and oxygen atoms in total. The van der Waals surface area contributed by atoms with Crippen molar-refractivity contribution in [2.45, 2.75) is 19.8 Å². The molecular formula is C17H21ClN4O. The Labute approximate surface area is 141 Å². The van der Waals surface area contributed by atoms with Crippen LogP contribution in [0, 0.1) is 0 Å². The summed E-state index contributed by atoms with van der Waals surface area (Å²) in [7, 11) is 0. The fourth-order valence-electron chi connectivity index (χ4n) is 2.90. The number of nitrogens with zero attached hydrogens (tertiary/aromatic N) is 3.